The lowest BCUT2D eigenvalue weighted by atomic mass is 9.96. The van der Waals surface area contributed by atoms with E-state index in [9.17, 15) is 39.0 Å². The number of aliphatic hydroxyl groups excluding tert-OH is 1. The number of carboxylic acids is 1. The molecule has 0 bridgehead atoms. The second-order valence-electron chi connectivity index (χ2n) is 10.3. The normalized spacial score (nSPS) is 15.7. The van der Waals surface area contributed by atoms with Gasteiger partial charge in [0.1, 0.15) is 29.9 Å². The van der Waals surface area contributed by atoms with Crippen molar-refractivity contribution in [3.63, 3.8) is 0 Å². The van der Waals surface area contributed by atoms with Crippen LogP contribution in [0.25, 0.3) is 0 Å². The van der Waals surface area contributed by atoms with E-state index in [1.165, 1.54) is 6.92 Å². The molecule has 1 rings (SSSR count). The Morgan fingerprint density at radius 2 is 1.41 bits per heavy atom. The molecule has 0 unspecified atom stereocenters. The van der Waals surface area contributed by atoms with Crippen molar-refractivity contribution in [3.05, 3.63) is 29.8 Å². The van der Waals surface area contributed by atoms with Crippen molar-refractivity contribution < 1.29 is 43.7 Å². The summed E-state index contributed by atoms with van der Waals surface area (Å²) in [5, 5.41) is 28.9. The first-order chi connectivity index (χ1) is 20.6. The number of aliphatic carboxylic acids is 1. The highest BCUT2D eigenvalue weighted by Gasteiger charge is 2.35. The van der Waals surface area contributed by atoms with Crippen LogP contribution < -0.4 is 37.5 Å². The summed E-state index contributed by atoms with van der Waals surface area (Å²) < 4.78 is 5.41. The first kappa shape index (κ1) is 38.1. The highest BCUT2D eigenvalue weighted by atomic mass is 32.1. The predicted octanol–water partition coefficient (Wildman–Crippen LogP) is -1.79. The largest absolute Gasteiger partial charge is 0.494 e. The van der Waals surface area contributed by atoms with E-state index in [0.29, 0.717) is 18.8 Å². The Bertz CT molecular complexity index is 1150. The standard InChI is InChI=1S/C28H44N6O9S/c1-5-14(3)22(33-24(37)18(29)11-16-7-9-17(10-8-16)43-6-2)26(39)34-23(15(4)35)27(40)31-19(12-21(30)36)25(38)32-20(13-44)28(41)42/h7-10,14-15,18-20,22-23,35,44H,5-6,11-13,29H2,1-4H3,(H2,30,36)(H,31,40)(H,32,38)(H,33,37)(H,34,39)(H,41,42)/t14-,15+,18-,19-,20-,22-,23-/m0/s1. The molecule has 0 aromatic heterocycles. The summed E-state index contributed by atoms with van der Waals surface area (Å²) in [5.74, 6) is -5.94. The number of nitrogens with two attached hydrogens (primary N) is 2. The summed E-state index contributed by atoms with van der Waals surface area (Å²) in [5.41, 5.74) is 12.1. The third kappa shape index (κ3) is 12.4. The fourth-order valence-corrected chi connectivity index (χ4v) is 4.22. The van der Waals surface area contributed by atoms with E-state index in [0.717, 1.165) is 5.56 Å². The van der Waals surface area contributed by atoms with Gasteiger partial charge < -0.3 is 47.7 Å². The highest BCUT2D eigenvalue weighted by Crippen LogP contribution is 2.14. The van der Waals surface area contributed by atoms with Gasteiger partial charge in [0.05, 0.1) is 25.2 Å². The number of carboxylic acid groups (broad SMARTS) is 1. The molecule has 0 spiro atoms. The molecular weight excluding hydrogens is 596 g/mol. The van der Waals surface area contributed by atoms with Gasteiger partial charge in [-0.3, -0.25) is 24.0 Å². The molecule has 0 radical (unpaired) electrons. The van der Waals surface area contributed by atoms with Crippen LogP contribution in [-0.2, 0) is 35.2 Å². The maximum Gasteiger partial charge on any atom is 0.327 e. The van der Waals surface area contributed by atoms with Crippen LogP contribution >= 0.6 is 12.6 Å². The molecule has 246 valence electrons. The van der Waals surface area contributed by atoms with E-state index in [2.05, 4.69) is 33.9 Å². The predicted molar refractivity (Wildman–Crippen MR) is 163 cm³/mol. The first-order valence-corrected chi connectivity index (χ1v) is 14.8. The average molecular weight is 641 g/mol. The lowest BCUT2D eigenvalue weighted by Gasteiger charge is -2.29. The summed E-state index contributed by atoms with van der Waals surface area (Å²) in [7, 11) is 0. The molecule has 15 nitrogen and oxygen atoms in total. The fraction of sp³-hybridized carbons (Fsp3) is 0.571. The van der Waals surface area contributed by atoms with Crippen LogP contribution in [0.3, 0.4) is 0 Å². The number of carbonyl (C=O) groups excluding carboxylic acids is 5. The van der Waals surface area contributed by atoms with E-state index in [-0.39, 0.29) is 12.2 Å². The summed E-state index contributed by atoms with van der Waals surface area (Å²) in [4.78, 5) is 74.9. The molecule has 0 aliphatic carbocycles. The van der Waals surface area contributed by atoms with Gasteiger partial charge in [0.15, 0.2) is 0 Å². The Morgan fingerprint density at radius 1 is 0.864 bits per heavy atom. The zero-order valence-electron chi connectivity index (χ0n) is 25.2. The molecule has 0 aliphatic rings. The van der Waals surface area contributed by atoms with E-state index in [4.69, 9.17) is 16.2 Å². The van der Waals surface area contributed by atoms with Crippen LogP contribution in [0.1, 0.15) is 46.1 Å². The van der Waals surface area contributed by atoms with E-state index in [1.54, 1.807) is 38.1 Å². The van der Waals surface area contributed by atoms with Gasteiger partial charge in [0.25, 0.3) is 0 Å². The second-order valence-corrected chi connectivity index (χ2v) is 10.7. The quantitative estimate of drug-likeness (QED) is 0.0768. The van der Waals surface area contributed by atoms with E-state index >= 15 is 0 Å². The Hall–Kier alpha value is -3.89. The minimum absolute atomic E-state index is 0.172. The number of aliphatic hydroxyl groups is 1. The number of nitrogens with one attached hydrogen (secondary N) is 4. The lowest BCUT2D eigenvalue weighted by molar-refractivity contribution is -0.142. The number of primary amides is 1. The van der Waals surface area contributed by atoms with Crippen LogP contribution in [0.15, 0.2) is 24.3 Å². The minimum Gasteiger partial charge on any atom is -0.494 e. The number of hydrogen-bond acceptors (Lipinski definition) is 10. The molecule has 7 atom stereocenters. The fourth-order valence-electron chi connectivity index (χ4n) is 3.98. The number of thiol groups is 1. The average Bonchev–Trinajstić information content (AvgIpc) is 2.96. The Kier molecular flexibility index (Phi) is 16.2. The number of carbonyl (C=O) groups is 6. The Morgan fingerprint density at radius 3 is 1.89 bits per heavy atom. The SMILES string of the molecule is CCOc1ccc(C[C@H](N)C(=O)N[C@H](C(=O)N[C@H](C(=O)N[C@@H](CC(N)=O)C(=O)N[C@@H](CS)C(=O)O)[C@@H](C)O)[C@@H](C)CC)cc1. The number of hydrogen-bond donors (Lipinski definition) is 9. The molecule has 44 heavy (non-hydrogen) atoms. The molecule has 1 aromatic rings. The van der Waals surface area contributed by atoms with Crippen molar-refractivity contribution >= 4 is 48.1 Å². The third-order valence-corrected chi connectivity index (χ3v) is 7.08. The summed E-state index contributed by atoms with van der Waals surface area (Å²) >= 11 is 3.85. The highest BCUT2D eigenvalue weighted by molar-refractivity contribution is 7.80. The van der Waals surface area contributed by atoms with Crippen LogP contribution in [0.4, 0.5) is 0 Å². The van der Waals surface area contributed by atoms with Crippen LogP contribution in [0.5, 0.6) is 5.75 Å². The van der Waals surface area contributed by atoms with Crippen molar-refractivity contribution in [1.82, 2.24) is 21.3 Å². The van der Waals surface area contributed by atoms with Crippen molar-refractivity contribution in [3.8, 4) is 5.75 Å². The van der Waals surface area contributed by atoms with Crippen LogP contribution in [-0.4, -0.2) is 94.4 Å². The van der Waals surface area contributed by atoms with Crippen molar-refractivity contribution in [2.75, 3.05) is 12.4 Å². The van der Waals surface area contributed by atoms with Gasteiger partial charge in [-0.2, -0.15) is 12.6 Å². The maximum absolute atomic E-state index is 13.3. The summed E-state index contributed by atoms with van der Waals surface area (Å²) in [6.07, 6.45) is -1.56. The minimum atomic E-state index is -1.63. The third-order valence-electron chi connectivity index (χ3n) is 6.72. The Balaban J connectivity index is 3.04. The number of rotatable bonds is 19. The maximum atomic E-state index is 13.3. The van der Waals surface area contributed by atoms with Gasteiger partial charge in [-0.1, -0.05) is 32.4 Å². The molecule has 5 amide bonds. The number of ether oxygens (including phenoxy) is 1. The second kappa shape index (κ2) is 18.7. The summed E-state index contributed by atoms with van der Waals surface area (Å²) in [6.45, 7) is 7.06. The zero-order chi connectivity index (χ0) is 33.6. The summed E-state index contributed by atoms with van der Waals surface area (Å²) in [6, 6.07) is 0.213. The molecule has 16 heteroatoms. The van der Waals surface area contributed by atoms with Gasteiger partial charge >= 0.3 is 5.97 Å². The topological polar surface area (TPSA) is 252 Å². The van der Waals surface area contributed by atoms with Crippen molar-refractivity contribution in [2.45, 2.75) is 83.3 Å². The monoisotopic (exact) mass is 640 g/mol. The molecular formula is C28H44N6O9S. The molecule has 0 saturated carbocycles. The van der Waals surface area contributed by atoms with Gasteiger partial charge in [-0.05, 0) is 43.9 Å². The smallest absolute Gasteiger partial charge is 0.327 e. The number of benzene rings is 1. The molecule has 0 aliphatic heterocycles. The van der Waals surface area contributed by atoms with Gasteiger partial charge in [-0.15, -0.1) is 0 Å². The van der Waals surface area contributed by atoms with Gasteiger partial charge in [-0.25, -0.2) is 4.79 Å². The van der Waals surface area contributed by atoms with E-state index in [1.807, 2.05) is 6.92 Å². The van der Waals surface area contributed by atoms with Crippen molar-refractivity contribution in [2.24, 2.45) is 17.4 Å². The zero-order valence-corrected chi connectivity index (χ0v) is 26.1. The Labute approximate surface area is 261 Å². The van der Waals surface area contributed by atoms with Crippen LogP contribution in [0, 0.1) is 5.92 Å². The first-order valence-electron chi connectivity index (χ1n) is 14.1. The van der Waals surface area contributed by atoms with Crippen LogP contribution in [0.2, 0.25) is 0 Å². The molecule has 0 heterocycles. The van der Waals surface area contributed by atoms with E-state index < -0.39 is 84.2 Å². The number of amides is 5. The van der Waals surface area contributed by atoms with Gasteiger partial charge in [0.2, 0.25) is 29.5 Å². The molecule has 0 saturated heterocycles. The molecule has 1 aromatic carbocycles. The lowest BCUT2D eigenvalue weighted by Crippen LogP contribution is -2.62. The van der Waals surface area contributed by atoms with Gasteiger partial charge in [0, 0.05) is 5.75 Å². The molecule has 0 fully saturated rings. The van der Waals surface area contributed by atoms with Crippen molar-refractivity contribution in [1.29, 1.82) is 0 Å². The molecule has 10 N–H and O–H groups in total.